The fraction of sp³-hybridized carbons (Fsp3) is 0.517. The van der Waals surface area contributed by atoms with E-state index in [9.17, 15) is 14.7 Å². The highest BCUT2D eigenvalue weighted by Gasteiger charge is 2.48. The van der Waals surface area contributed by atoms with E-state index in [1.165, 1.54) is 4.90 Å². The molecule has 4 N–H and O–H groups in total. The molecular formula is C29H31F2N7O5. The van der Waals surface area contributed by atoms with Crippen LogP contribution in [-0.4, -0.2) is 88.0 Å². The zero-order chi connectivity index (χ0) is 29.5. The molecule has 43 heavy (non-hydrogen) atoms. The Balaban J connectivity index is 0.915. The number of fused-ring (bicyclic) bond motifs is 3. The van der Waals surface area contributed by atoms with Crippen molar-refractivity contribution < 1.29 is 33.0 Å². The third-order valence-electron chi connectivity index (χ3n) is 9.46. The van der Waals surface area contributed by atoms with Gasteiger partial charge >= 0.3 is 6.09 Å². The summed E-state index contributed by atoms with van der Waals surface area (Å²) in [6.45, 7) is 2.76. The fourth-order valence-corrected chi connectivity index (χ4v) is 7.23. The lowest BCUT2D eigenvalue weighted by molar-refractivity contribution is -0.118. The molecule has 5 aliphatic rings. The Bertz CT molecular complexity index is 1610. The maximum atomic E-state index is 15.6. The smallest absolute Gasteiger partial charge is 0.416 e. The fourth-order valence-electron chi connectivity index (χ4n) is 7.23. The van der Waals surface area contributed by atoms with Crippen LogP contribution in [0.4, 0.5) is 25.2 Å². The first kappa shape index (κ1) is 26.7. The molecular weight excluding hydrogens is 564 g/mol. The zero-order valence-electron chi connectivity index (χ0n) is 23.3. The Kier molecular flexibility index (Phi) is 6.11. The van der Waals surface area contributed by atoms with E-state index in [1.54, 1.807) is 12.1 Å². The summed E-state index contributed by atoms with van der Waals surface area (Å²) in [5.41, 5.74) is 0.281. The number of rotatable bonds is 4. The number of halogens is 2. The summed E-state index contributed by atoms with van der Waals surface area (Å²) in [5, 5.41) is 15.6. The van der Waals surface area contributed by atoms with Crippen LogP contribution in [0.1, 0.15) is 42.3 Å². The van der Waals surface area contributed by atoms with Crippen LogP contribution in [0.15, 0.2) is 12.1 Å². The summed E-state index contributed by atoms with van der Waals surface area (Å²) >= 11 is 0. The van der Waals surface area contributed by atoms with E-state index in [2.05, 4.69) is 30.5 Å². The number of H-pyrrole nitrogens is 1. The zero-order valence-corrected chi connectivity index (χ0v) is 23.3. The van der Waals surface area contributed by atoms with Gasteiger partial charge < -0.3 is 35.1 Å². The number of carbonyl (C=O) groups is 2. The molecule has 14 heteroatoms. The molecule has 12 nitrogen and oxygen atoms in total. The van der Waals surface area contributed by atoms with Crippen molar-refractivity contribution in [2.45, 2.75) is 49.9 Å². The average Bonchev–Trinajstić information content (AvgIpc) is 3.78. The van der Waals surface area contributed by atoms with E-state index in [0.717, 1.165) is 0 Å². The minimum absolute atomic E-state index is 0.0194. The lowest BCUT2D eigenvalue weighted by Gasteiger charge is -2.38. The third-order valence-corrected chi connectivity index (χ3v) is 9.46. The summed E-state index contributed by atoms with van der Waals surface area (Å²) in [6.07, 6.45) is 1.59. The van der Waals surface area contributed by atoms with E-state index in [-0.39, 0.29) is 41.3 Å². The van der Waals surface area contributed by atoms with Crippen molar-refractivity contribution in [2.24, 2.45) is 5.92 Å². The number of benzene rings is 1. The Hall–Kier alpha value is -3.88. The lowest BCUT2D eigenvalue weighted by Crippen LogP contribution is -2.48. The van der Waals surface area contributed by atoms with Crippen LogP contribution in [-0.2, 0) is 22.4 Å². The van der Waals surface area contributed by atoms with Crippen molar-refractivity contribution in [2.75, 3.05) is 49.5 Å². The van der Waals surface area contributed by atoms with E-state index in [1.807, 2.05) is 0 Å². The second-order valence-corrected chi connectivity index (χ2v) is 12.3. The Morgan fingerprint density at radius 3 is 2.65 bits per heavy atom. The lowest BCUT2D eigenvalue weighted by atomic mass is 9.90. The van der Waals surface area contributed by atoms with Gasteiger partial charge in [-0.3, -0.25) is 9.69 Å². The van der Waals surface area contributed by atoms with Crippen LogP contribution < -0.4 is 20.3 Å². The highest BCUT2D eigenvalue weighted by atomic mass is 19.1. The molecule has 3 fully saturated rings. The first-order valence-electron chi connectivity index (χ1n) is 14.7. The molecule has 1 aliphatic carbocycles. The van der Waals surface area contributed by atoms with Crippen molar-refractivity contribution in [3.63, 3.8) is 0 Å². The van der Waals surface area contributed by atoms with Crippen molar-refractivity contribution in [1.29, 1.82) is 0 Å². The number of hydrogen-bond acceptors (Lipinski definition) is 9. The quantitative estimate of drug-likeness (QED) is 0.357. The number of likely N-dealkylation sites (tertiary alicyclic amines) is 1. The minimum Gasteiger partial charge on any atom is -0.480 e. The van der Waals surface area contributed by atoms with Crippen LogP contribution >= 0.6 is 0 Å². The first-order chi connectivity index (χ1) is 20.7. The molecule has 0 saturated carbocycles. The number of β-amino-alcohol motifs (C(OH)–C–C–N with tert-alkyl or cyclic N) is 1. The summed E-state index contributed by atoms with van der Waals surface area (Å²) in [4.78, 5) is 40.1. The molecule has 3 saturated heterocycles. The normalized spacial score (nSPS) is 25.2. The molecule has 6 heterocycles. The van der Waals surface area contributed by atoms with Gasteiger partial charge in [-0.2, -0.15) is 0 Å². The maximum Gasteiger partial charge on any atom is 0.416 e. The van der Waals surface area contributed by atoms with Crippen molar-refractivity contribution >= 4 is 34.7 Å². The largest absolute Gasteiger partial charge is 0.480 e. The average molecular weight is 596 g/mol. The van der Waals surface area contributed by atoms with Crippen molar-refractivity contribution in [1.82, 2.24) is 25.2 Å². The molecule has 3 unspecified atom stereocenters. The molecule has 4 aliphatic heterocycles. The Morgan fingerprint density at radius 1 is 1.09 bits per heavy atom. The van der Waals surface area contributed by atoms with Gasteiger partial charge in [-0.05, 0) is 48.4 Å². The van der Waals surface area contributed by atoms with Crippen molar-refractivity contribution in [3.8, 4) is 5.75 Å². The molecule has 2 amide bonds. The van der Waals surface area contributed by atoms with Gasteiger partial charge in [-0.1, -0.05) is 0 Å². The van der Waals surface area contributed by atoms with E-state index < -0.39 is 29.4 Å². The van der Waals surface area contributed by atoms with Crippen LogP contribution in [0.2, 0.25) is 0 Å². The molecule has 1 spiro atoms. The van der Waals surface area contributed by atoms with Gasteiger partial charge in [-0.25, -0.2) is 23.5 Å². The summed E-state index contributed by atoms with van der Waals surface area (Å²) < 4.78 is 42.4. The van der Waals surface area contributed by atoms with E-state index in [4.69, 9.17) is 9.47 Å². The SMILES string of the molecule is O=C1COc2ccc(N3CC4(CCN(CC5Cc6c(c(F)c7[nH]c(C8CC(O)CN8)nc7c6F)C5)CC4)OC3=O)nc2N1. The second kappa shape index (κ2) is 9.82. The molecule has 3 aromatic rings. The number of piperidine rings is 1. The van der Waals surface area contributed by atoms with Crippen LogP contribution in [0.3, 0.4) is 0 Å². The van der Waals surface area contributed by atoms with Gasteiger partial charge in [0.1, 0.15) is 28.3 Å². The number of anilines is 2. The number of nitrogens with one attached hydrogen (secondary N) is 3. The standard InChI is InChI=1S/C29H31F2N7O5/c30-22-16-7-14(8-17(16)23(31)25-24(22)35-26(36-25)18-9-15(39)10-32-18)11-37-5-3-29(4-6-37)13-38(28(41)43-29)20-2-1-19-27(33-20)34-21(40)12-42-19/h1-2,14-15,18,32,39H,3-13H2,(H,35,36)(H,33,34,40). The number of ether oxygens (including phenoxy) is 2. The van der Waals surface area contributed by atoms with Crippen LogP contribution in [0, 0.1) is 17.6 Å². The number of imidazole rings is 1. The number of amides is 2. The molecule has 2 aromatic heterocycles. The topological polar surface area (TPSA) is 145 Å². The van der Waals surface area contributed by atoms with Gasteiger partial charge in [-0.15, -0.1) is 0 Å². The number of pyridine rings is 1. The highest BCUT2D eigenvalue weighted by molar-refractivity contribution is 5.95. The number of hydrogen-bond donors (Lipinski definition) is 4. The number of aromatic nitrogens is 3. The Labute approximate surface area is 244 Å². The molecule has 0 bridgehead atoms. The van der Waals surface area contributed by atoms with E-state index >= 15 is 8.78 Å². The highest BCUT2D eigenvalue weighted by Crippen LogP contribution is 2.40. The van der Waals surface area contributed by atoms with Gasteiger partial charge in [0, 0.05) is 39.0 Å². The molecule has 226 valence electrons. The number of aliphatic hydroxyl groups excluding tert-OH is 1. The summed E-state index contributed by atoms with van der Waals surface area (Å²) in [5.74, 6) is 0.414. The summed E-state index contributed by atoms with van der Waals surface area (Å²) in [6, 6.07) is 3.09. The Morgan fingerprint density at radius 2 is 1.88 bits per heavy atom. The molecule has 1 aromatic carbocycles. The number of aliphatic hydroxyl groups is 1. The number of carbonyl (C=O) groups excluding carboxylic acids is 2. The number of aromatic amines is 1. The monoisotopic (exact) mass is 595 g/mol. The van der Waals surface area contributed by atoms with Gasteiger partial charge in [0.2, 0.25) is 0 Å². The third kappa shape index (κ3) is 4.50. The summed E-state index contributed by atoms with van der Waals surface area (Å²) in [7, 11) is 0. The molecule has 8 rings (SSSR count). The van der Waals surface area contributed by atoms with Crippen LogP contribution in [0.25, 0.3) is 11.0 Å². The van der Waals surface area contributed by atoms with Gasteiger partial charge in [0.25, 0.3) is 5.91 Å². The number of nitrogens with zero attached hydrogens (tertiary/aromatic N) is 4. The van der Waals surface area contributed by atoms with Crippen LogP contribution in [0.5, 0.6) is 5.75 Å². The second-order valence-electron chi connectivity index (χ2n) is 12.3. The molecule has 0 radical (unpaired) electrons. The first-order valence-corrected chi connectivity index (χ1v) is 14.7. The predicted octanol–water partition coefficient (Wildman–Crippen LogP) is 2.17. The minimum atomic E-state index is -0.645. The van der Waals surface area contributed by atoms with E-state index in [0.29, 0.717) is 93.3 Å². The predicted molar refractivity (Wildman–Crippen MR) is 149 cm³/mol. The van der Waals surface area contributed by atoms with Crippen molar-refractivity contribution in [3.05, 3.63) is 40.7 Å². The maximum absolute atomic E-state index is 15.6. The van der Waals surface area contributed by atoms with Gasteiger partial charge in [0.05, 0.1) is 18.7 Å². The molecule has 3 atom stereocenters. The van der Waals surface area contributed by atoms with Gasteiger partial charge in [0.15, 0.2) is 29.8 Å².